The molecule has 0 saturated carbocycles. The van der Waals surface area contributed by atoms with Crippen molar-refractivity contribution in [3.8, 4) is 11.8 Å². The van der Waals surface area contributed by atoms with Gasteiger partial charge in [0, 0.05) is 19.5 Å². The second-order valence-corrected chi connectivity index (χ2v) is 5.25. The van der Waals surface area contributed by atoms with Crippen LogP contribution in [-0.4, -0.2) is 25.2 Å². The number of hydrogen-bond donors (Lipinski definition) is 0. The lowest BCUT2D eigenvalue weighted by molar-refractivity contribution is 0.245. The van der Waals surface area contributed by atoms with Gasteiger partial charge in [-0.3, -0.25) is 0 Å². The molecule has 1 heterocycles. The molecule has 0 aliphatic rings. The minimum Gasteiger partial charge on any atom is -0.489 e. The number of aryl methyl sites for hydroxylation is 1. The molecule has 0 spiro atoms. The Morgan fingerprint density at radius 2 is 2.00 bits per heavy atom. The summed E-state index contributed by atoms with van der Waals surface area (Å²) in [4.78, 5) is 6.52. The van der Waals surface area contributed by atoms with Crippen LogP contribution >= 0.6 is 0 Å². The Morgan fingerprint density at radius 3 is 2.55 bits per heavy atom. The van der Waals surface area contributed by atoms with E-state index in [1.165, 1.54) is 0 Å². The van der Waals surface area contributed by atoms with Crippen LogP contribution in [0.15, 0.2) is 18.2 Å². The van der Waals surface area contributed by atoms with Crippen molar-refractivity contribution in [2.24, 2.45) is 0 Å². The van der Waals surface area contributed by atoms with Gasteiger partial charge in [0.15, 0.2) is 0 Å². The van der Waals surface area contributed by atoms with Gasteiger partial charge in [0.1, 0.15) is 17.3 Å². The summed E-state index contributed by atoms with van der Waals surface area (Å²) in [5, 5.41) is 10.3. The molecule has 2 aromatic rings. The van der Waals surface area contributed by atoms with Crippen LogP contribution in [0, 0.1) is 18.3 Å². The predicted octanol–water partition coefficient (Wildman–Crippen LogP) is 3.27. The Kier molecular flexibility index (Phi) is 3.80. The molecule has 0 amide bonds. The van der Waals surface area contributed by atoms with E-state index in [0.717, 1.165) is 28.0 Å². The van der Waals surface area contributed by atoms with Crippen LogP contribution < -0.4 is 9.64 Å². The zero-order valence-corrected chi connectivity index (χ0v) is 12.6. The van der Waals surface area contributed by atoms with Gasteiger partial charge in [-0.1, -0.05) is 12.1 Å². The third-order valence-electron chi connectivity index (χ3n) is 3.05. The van der Waals surface area contributed by atoms with E-state index >= 15 is 0 Å². The zero-order chi connectivity index (χ0) is 14.9. The number of rotatable bonds is 3. The highest BCUT2D eigenvalue weighted by Crippen LogP contribution is 2.34. The highest BCUT2D eigenvalue weighted by atomic mass is 16.5. The monoisotopic (exact) mass is 269 g/mol. The molecule has 4 nitrogen and oxygen atoms in total. The molecule has 4 heteroatoms. The lowest BCUT2D eigenvalue weighted by Gasteiger charge is -2.20. The molecule has 104 valence electrons. The summed E-state index contributed by atoms with van der Waals surface area (Å²) in [6.45, 7) is 5.83. The third-order valence-corrected chi connectivity index (χ3v) is 3.05. The molecule has 0 unspecified atom stereocenters. The molecule has 0 aliphatic carbocycles. The predicted molar refractivity (Wildman–Crippen MR) is 81.3 cm³/mol. The smallest absolute Gasteiger partial charge is 0.145 e. The Labute approximate surface area is 119 Å². The molecule has 0 fully saturated rings. The second-order valence-electron chi connectivity index (χ2n) is 5.25. The van der Waals surface area contributed by atoms with E-state index in [-0.39, 0.29) is 6.10 Å². The average Bonchev–Trinajstić information content (AvgIpc) is 2.37. The van der Waals surface area contributed by atoms with Crippen LogP contribution in [0.3, 0.4) is 0 Å². The maximum atomic E-state index is 9.37. The minimum absolute atomic E-state index is 0.0844. The topological polar surface area (TPSA) is 49.1 Å². The van der Waals surface area contributed by atoms with Gasteiger partial charge in [-0.25, -0.2) is 4.98 Å². The zero-order valence-electron chi connectivity index (χ0n) is 12.6. The number of fused-ring (bicyclic) bond motifs is 1. The fraction of sp³-hybridized carbons (Fsp3) is 0.375. The summed E-state index contributed by atoms with van der Waals surface area (Å²) in [5.74, 6) is 0.758. The van der Waals surface area contributed by atoms with Gasteiger partial charge >= 0.3 is 0 Å². The van der Waals surface area contributed by atoms with Gasteiger partial charge in [0.05, 0.1) is 23.0 Å². The number of nitriles is 1. The van der Waals surface area contributed by atoms with Crippen LogP contribution in [-0.2, 0) is 0 Å². The number of pyridine rings is 1. The molecule has 0 atom stereocenters. The van der Waals surface area contributed by atoms with E-state index in [4.69, 9.17) is 4.74 Å². The van der Waals surface area contributed by atoms with Crippen molar-refractivity contribution in [2.45, 2.75) is 26.9 Å². The van der Waals surface area contributed by atoms with E-state index in [9.17, 15) is 5.26 Å². The highest BCUT2D eigenvalue weighted by molar-refractivity contribution is 5.98. The normalized spacial score (nSPS) is 10.7. The number of para-hydroxylation sites is 1. The maximum Gasteiger partial charge on any atom is 0.145 e. The summed E-state index contributed by atoms with van der Waals surface area (Å²) in [6, 6.07) is 8.08. The van der Waals surface area contributed by atoms with E-state index in [1.54, 1.807) is 0 Å². The van der Waals surface area contributed by atoms with Crippen LogP contribution in [0.2, 0.25) is 0 Å². The van der Waals surface area contributed by atoms with Crippen LogP contribution in [0.25, 0.3) is 10.9 Å². The fourth-order valence-corrected chi connectivity index (χ4v) is 2.31. The fourth-order valence-electron chi connectivity index (χ4n) is 2.31. The van der Waals surface area contributed by atoms with Gasteiger partial charge in [-0.05, 0) is 26.8 Å². The average molecular weight is 269 g/mol. The van der Waals surface area contributed by atoms with Gasteiger partial charge in [-0.2, -0.15) is 5.26 Å². The molecule has 1 aromatic heterocycles. The maximum absolute atomic E-state index is 9.37. The first kappa shape index (κ1) is 14.1. The number of aromatic nitrogens is 1. The van der Waals surface area contributed by atoms with Crippen LogP contribution in [0.5, 0.6) is 5.75 Å². The Balaban J connectivity index is 2.83. The van der Waals surface area contributed by atoms with Crippen molar-refractivity contribution >= 4 is 16.6 Å². The van der Waals surface area contributed by atoms with Gasteiger partial charge in [0.2, 0.25) is 0 Å². The lowest BCUT2D eigenvalue weighted by Crippen LogP contribution is -2.13. The molecule has 20 heavy (non-hydrogen) atoms. The largest absolute Gasteiger partial charge is 0.489 e. The van der Waals surface area contributed by atoms with E-state index in [0.29, 0.717) is 5.56 Å². The first-order valence-electron chi connectivity index (χ1n) is 6.63. The molecular weight excluding hydrogens is 250 g/mol. The second kappa shape index (κ2) is 5.38. The Hall–Kier alpha value is -2.28. The first-order valence-corrected chi connectivity index (χ1v) is 6.63. The summed E-state index contributed by atoms with van der Waals surface area (Å²) < 4.78 is 5.83. The number of anilines is 1. The lowest BCUT2D eigenvalue weighted by atomic mass is 10.1. The van der Waals surface area contributed by atoms with Gasteiger partial charge in [-0.15, -0.1) is 0 Å². The first-order chi connectivity index (χ1) is 9.45. The summed E-state index contributed by atoms with van der Waals surface area (Å²) in [7, 11) is 3.87. The Bertz CT molecular complexity index is 684. The summed E-state index contributed by atoms with van der Waals surface area (Å²) in [5.41, 5.74) is 3.04. The molecule has 2 rings (SSSR count). The van der Waals surface area contributed by atoms with Crippen molar-refractivity contribution in [3.63, 3.8) is 0 Å². The number of ether oxygens (including phenoxy) is 1. The number of benzene rings is 1. The van der Waals surface area contributed by atoms with E-state index in [2.05, 4.69) is 11.1 Å². The number of nitrogens with zero attached hydrogens (tertiary/aromatic N) is 3. The molecule has 0 N–H and O–H groups in total. The quantitative estimate of drug-likeness (QED) is 0.858. The standard InChI is InChI=1S/C16H19N3O/c1-10(2)20-14-8-6-7-12-15(14)18-11(3)13(9-17)16(12)19(4)5/h6-8,10H,1-5H3. The Morgan fingerprint density at radius 1 is 1.30 bits per heavy atom. The van der Waals surface area contributed by atoms with E-state index < -0.39 is 0 Å². The highest BCUT2D eigenvalue weighted by Gasteiger charge is 2.17. The van der Waals surface area contributed by atoms with Crippen molar-refractivity contribution < 1.29 is 4.74 Å². The summed E-state index contributed by atoms with van der Waals surface area (Å²) in [6.07, 6.45) is 0.0844. The molecule has 1 aromatic carbocycles. The molecule has 0 aliphatic heterocycles. The van der Waals surface area contributed by atoms with Crippen LogP contribution in [0.4, 0.5) is 5.69 Å². The molecule has 0 radical (unpaired) electrons. The van der Waals surface area contributed by atoms with Crippen molar-refractivity contribution in [2.75, 3.05) is 19.0 Å². The minimum atomic E-state index is 0.0844. The SMILES string of the molecule is Cc1nc2c(OC(C)C)cccc2c(N(C)C)c1C#N. The van der Waals surface area contributed by atoms with Gasteiger partial charge < -0.3 is 9.64 Å². The number of hydrogen-bond acceptors (Lipinski definition) is 4. The molecular formula is C16H19N3O. The van der Waals surface area contributed by atoms with E-state index in [1.807, 2.05) is 58.0 Å². The van der Waals surface area contributed by atoms with Crippen molar-refractivity contribution in [1.29, 1.82) is 5.26 Å². The molecule has 0 saturated heterocycles. The summed E-state index contributed by atoms with van der Waals surface area (Å²) >= 11 is 0. The van der Waals surface area contributed by atoms with Crippen molar-refractivity contribution in [3.05, 3.63) is 29.5 Å². The molecule has 0 bridgehead atoms. The van der Waals surface area contributed by atoms with Gasteiger partial charge in [0.25, 0.3) is 0 Å². The van der Waals surface area contributed by atoms with Crippen LogP contribution in [0.1, 0.15) is 25.1 Å². The third kappa shape index (κ3) is 2.39. The van der Waals surface area contributed by atoms with Crippen molar-refractivity contribution in [1.82, 2.24) is 4.98 Å².